The predicted octanol–water partition coefficient (Wildman–Crippen LogP) is 6.76. The molecule has 278 valence electrons. The summed E-state index contributed by atoms with van der Waals surface area (Å²) < 4.78 is 12.9. The minimum Gasteiger partial charge on any atom is -0.506 e. The molecule has 0 spiro atoms. The fourth-order valence-corrected chi connectivity index (χ4v) is 9.02. The first kappa shape index (κ1) is 37.7. The SMILES string of the molecule is CC(C)(C)[Si](C)(C)O[C@@H](CNCCN(C(=O)CCOCCc1ccc(CN2CC3CCCC3C2)cc1)C1CC1)c1ccc(O)c2[nH]c(=O)ccc12. The zero-order valence-electron chi connectivity index (χ0n) is 31.5. The average molecular weight is 717 g/mol. The highest BCUT2D eigenvalue weighted by Gasteiger charge is 2.40. The molecule has 1 aliphatic heterocycles. The molecule has 51 heavy (non-hydrogen) atoms. The van der Waals surface area contributed by atoms with E-state index in [-0.39, 0.29) is 28.4 Å². The normalized spacial score (nSPS) is 20.2. The summed E-state index contributed by atoms with van der Waals surface area (Å²) >= 11 is 0. The van der Waals surface area contributed by atoms with Crippen molar-refractivity contribution < 1.29 is 19.1 Å². The van der Waals surface area contributed by atoms with Gasteiger partial charge in [-0.25, -0.2) is 0 Å². The molecule has 1 amide bonds. The molecule has 3 N–H and O–H groups in total. The Morgan fingerprint density at radius 2 is 1.71 bits per heavy atom. The van der Waals surface area contributed by atoms with E-state index in [9.17, 15) is 14.7 Å². The number of pyridine rings is 1. The Hall–Kier alpha value is -3.02. The van der Waals surface area contributed by atoms with Gasteiger partial charge in [0.1, 0.15) is 5.75 Å². The van der Waals surface area contributed by atoms with Gasteiger partial charge in [-0.05, 0) is 90.9 Å². The summed E-state index contributed by atoms with van der Waals surface area (Å²) in [7, 11) is -2.18. The summed E-state index contributed by atoms with van der Waals surface area (Å²) in [5, 5.41) is 14.8. The second-order valence-corrected chi connectivity index (χ2v) is 21.5. The summed E-state index contributed by atoms with van der Waals surface area (Å²) in [4.78, 5) is 32.8. The highest BCUT2D eigenvalue weighted by atomic mass is 28.4. The number of phenolic OH excluding ortho intramolecular Hbond substituents is 1. The van der Waals surface area contributed by atoms with Gasteiger partial charge in [0.15, 0.2) is 8.32 Å². The van der Waals surface area contributed by atoms with Crippen molar-refractivity contribution in [3.63, 3.8) is 0 Å². The molecule has 1 saturated heterocycles. The van der Waals surface area contributed by atoms with Crippen molar-refractivity contribution in [2.75, 3.05) is 45.9 Å². The van der Waals surface area contributed by atoms with Crippen molar-refractivity contribution >= 4 is 25.1 Å². The van der Waals surface area contributed by atoms with Crippen molar-refractivity contribution in [2.24, 2.45) is 11.8 Å². The Morgan fingerprint density at radius 3 is 2.39 bits per heavy atom. The number of aromatic nitrogens is 1. The number of fused-ring (bicyclic) bond motifs is 2. The van der Waals surface area contributed by atoms with E-state index in [2.05, 4.69) is 73.3 Å². The number of hydrogen-bond acceptors (Lipinski definition) is 7. The van der Waals surface area contributed by atoms with Gasteiger partial charge in [0.25, 0.3) is 0 Å². The van der Waals surface area contributed by atoms with Gasteiger partial charge >= 0.3 is 0 Å². The highest BCUT2D eigenvalue weighted by molar-refractivity contribution is 6.74. The molecule has 3 aromatic rings. The molecular weight excluding hydrogens is 657 g/mol. The summed E-state index contributed by atoms with van der Waals surface area (Å²) in [6.45, 7) is 17.6. The number of hydrogen-bond donors (Lipinski definition) is 3. The number of H-pyrrole nitrogens is 1. The van der Waals surface area contributed by atoms with Crippen LogP contribution in [0.15, 0.2) is 53.3 Å². The van der Waals surface area contributed by atoms with E-state index < -0.39 is 8.32 Å². The maximum Gasteiger partial charge on any atom is 0.248 e. The first-order valence-electron chi connectivity index (χ1n) is 19.3. The molecule has 2 unspecified atom stereocenters. The Morgan fingerprint density at radius 1 is 1.00 bits per heavy atom. The Labute approximate surface area is 305 Å². The van der Waals surface area contributed by atoms with Crippen LogP contribution in [0.5, 0.6) is 5.75 Å². The topological polar surface area (TPSA) is 107 Å². The number of ether oxygens (including phenoxy) is 1. The molecule has 9 nitrogen and oxygen atoms in total. The largest absolute Gasteiger partial charge is 0.506 e. The standard InChI is InChI=1S/C41H60N4O5Si/c1-41(2,3)51(4,5)50-37(34-15-17-36(46)40-35(34)16-18-38(47)43-40)25-42-21-22-45(33-13-14-33)39(48)20-24-49-23-19-29-9-11-30(12-10-29)26-44-27-31-7-6-8-32(31)28-44/h9-12,15-18,31-33,37,42,46H,6-8,13-14,19-28H2,1-5H3,(H,43,47)/t31?,32?,37-/m0/s1. The van der Waals surface area contributed by atoms with Crippen molar-refractivity contribution in [3.05, 3.63) is 75.6 Å². The van der Waals surface area contributed by atoms with Gasteiger partial charge in [0.05, 0.1) is 31.3 Å². The third-order valence-electron chi connectivity index (χ3n) is 11.9. The zero-order valence-corrected chi connectivity index (χ0v) is 32.5. The fourth-order valence-electron chi connectivity index (χ4n) is 7.74. The van der Waals surface area contributed by atoms with E-state index in [1.165, 1.54) is 49.5 Å². The predicted molar refractivity (Wildman–Crippen MR) is 207 cm³/mol. The quantitative estimate of drug-likeness (QED) is 0.105. The number of nitrogens with one attached hydrogen (secondary N) is 2. The van der Waals surface area contributed by atoms with Crippen LogP contribution in [0.3, 0.4) is 0 Å². The van der Waals surface area contributed by atoms with Crippen LogP contribution in [0.1, 0.15) is 82.1 Å². The molecule has 6 rings (SSSR count). The molecular formula is C41H60N4O5Si. The summed E-state index contributed by atoms with van der Waals surface area (Å²) in [5.74, 6) is 2.05. The van der Waals surface area contributed by atoms with Crippen LogP contribution in [0.4, 0.5) is 0 Å². The van der Waals surface area contributed by atoms with E-state index in [1.54, 1.807) is 12.1 Å². The third-order valence-corrected chi connectivity index (χ3v) is 16.4. The van der Waals surface area contributed by atoms with Crippen molar-refractivity contribution in [2.45, 2.75) is 103 Å². The molecule has 10 heteroatoms. The number of benzene rings is 2. The number of phenols is 1. The summed E-state index contributed by atoms with van der Waals surface area (Å²) in [6.07, 6.45) is 7.32. The number of aromatic hydroxyl groups is 1. The lowest BCUT2D eigenvalue weighted by atomic mass is 10.0. The Kier molecular flexibility index (Phi) is 12.1. The molecule has 0 bridgehead atoms. The smallest absolute Gasteiger partial charge is 0.248 e. The van der Waals surface area contributed by atoms with E-state index >= 15 is 0 Å². The maximum atomic E-state index is 13.3. The highest BCUT2D eigenvalue weighted by Crippen LogP contribution is 2.41. The van der Waals surface area contributed by atoms with Gasteiger partial charge in [0.2, 0.25) is 11.5 Å². The van der Waals surface area contributed by atoms with Crippen LogP contribution in [0.2, 0.25) is 18.1 Å². The lowest BCUT2D eigenvalue weighted by molar-refractivity contribution is -0.132. The van der Waals surface area contributed by atoms with Gasteiger partial charge in [-0.3, -0.25) is 14.5 Å². The molecule has 3 aliphatic rings. The number of aromatic amines is 1. The van der Waals surface area contributed by atoms with E-state index in [1.807, 2.05) is 11.0 Å². The molecule has 2 heterocycles. The van der Waals surface area contributed by atoms with Gasteiger partial charge < -0.3 is 29.5 Å². The van der Waals surface area contributed by atoms with E-state index in [0.717, 1.165) is 48.6 Å². The Bertz CT molecular complexity index is 1670. The maximum absolute atomic E-state index is 13.3. The van der Waals surface area contributed by atoms with Crippen LogP contribution in [-0.4, -0.2) is 86.1 Å². The minimum atomic E-state index is -2.18. The van der Waals surface area contributed by atoms with Crippen molar-refractivity contribution in [3.8, 4) is 5.75 Å². The van der Waals surface area contributed by atoms with E-state index in [4.69, 9.17) is 9.16 Å². The molecule has 0 radical (unpaired) electrons. The van der Waals surface area contributed by atoms with Crippen molar-refractivity contribution in [1.82, 2.24) is 20.1 Å². The molecule has 3 atom stereocenters. The second kappa shape index (κ2) is 16.3. The first-order valence-corrected chi connectivity index (χ1v) is 22.2. The molecule has 3 fully saturated rings. The van der Waals surface area contributed by atoms with Crippen LogP contribution in [0.25, 0.3) is 10.9 Å². The van der Waals surface area contributed by atoms with Gasteiger partial charge in [-0.15, -0.1) is 0 Å². The van der Waals surface area contributed by atoms with Crippen LogP contribution in [-0.2, 0) is 26.9 Å². The average Bonchev–Trinajstić information content (AvgIpc) is 3.71. The zero-order chi connectivity index (χ0) is 36.2. The number of amides is 1. The number of carbonyl (C=O) groups is 1. The summed E-state index contributed by atoms with van der Waals surface area (Å²) in [5.41, 5.74) is 3.75. The number of carbonyl (C=O) groups excluding carboxylic acids is 1. The lowest BCUT2D eigenvalue weighted by Crippen LogP contribution is -2.44. The van der Waals surface area contributed by atoms with Crippen LogP contribution in [0, 0.1) is 11.8 Å². The number of rotatable bonds is 17. The van der Waals surface area contributed by atoms with Crippen LogP contribution >= 0.6 is 0 Å². The third kappa shape index (κ3) is 9.70. The van der Waals surface area contributed by atoms with E-state index in [0.29, 0.717) is 50.8 Å². The van der Waals surface area contributed by atoms with Crippen molar-refractivity contribution in [1.29, 1.82) is 0 Å². The minimum absolute atomic E-state index is 0.000589. The molecule has 2 saturated carbocycles. The molecule has 1 aromatic heterocycles. The number of likely N-dealkylation sites (tertiary alicyclic amines) is 1. The second-order valence-electron chi connectivity index (χ2n) is 16.7. The van der Waals surface area contributed by atoms with Gasteiger partial charge in [-0.2, -0.15) is 0 Å². The van der Waals surface area contributed by atoms with Gasteiger partial charge in [0, 0.05) is 56.8 Å². The Balaban J connectivity index is 0.955. The van der Waals surface area contributed by atoms with Crippen LogP contribution < -0.4 is 10.9 Å². The van der Waals surface area contributed by atoms with Gasteiger partial charge in [-0.1, -0.05) is 57.5 Å². The summed E-state index contributed by atoms with van der Waals surface area (Å²) in [6, 6.07) is 16.1. The number of nitrogens with zero attached hydrogens (tertiary/aromatic N) is 2. The first-order chi connectivity index (χ1) is 24.4. The fraction of sp³-hybridized carbons (Fsp3) is 0.610. The monoisotopic (exact) mass is 716 g/mol. The lowest BCUT2D eigenvalue weighted by Gasteiger charge is -2.39. The molecule has 2 aliphatic carbocycles. The molecule has 2 aromatic carbocycles.